The third-order valence-corrected chi connectivity index (χ3v) is 4.02. The van der Waals surface area contributed by atoms with Crippen molar-refractivity contribution in [1.29, 1.82) is 0 Å². The number of halogens is 2. The van der Waals surface area contributed by atoms with Crippen LogP contribution in [-0.4, -0.2) is 31.6 Å². The average molecular weight is 394 g/mol. The fourth-order valence-corrected chi connectivity index (χ4v) is 2.75. The Kier molecular flexibility index (Phi) is 6.13. The topological polar surface area (TPSA) is 73.9 Å². The first-order valence-electron chi connectivity index (χ1n) is 8.30. The molecule has 0 unspecified atom stereocenters. The highest BCUT2D eigenvalue weighted by Crippen LogP contribution is 2.38. The van der Waals surface area contributed by atoms with Gasteiger partial charge >= 0.3 is 5.97 Å². The Morgan fingerprint density at radius 3 is 2.81 bits per heavy atom. The number of hydrogen-bond donors (Lipinski definition) is 1. The van der Waals surface area contributed by atoms with Gasteiger partial charge < -0.3 is 19.5 Å². The number of carbonyl (C=O) groups excluding carboxylic acids is 2. The van der Waals surface area contributed by atoms with Crippen molar-refractivity contribution in [2.24, 2.45) is 0 Å². The molecule has 2 aromatic rings. The average Bonchev–Trinajstić information content (AvgIpc) is 2.90. The van der Waals surface area contributed by atoms with Crippen LogP contribution in [0.5, 0.6) is 11.5 Å². The van der Waals surface area contributed by atoms with Crippen LogP contribution in [-0.2, 0) is 16.1 Å². The van der Waals surface area contributed by atoms with Crippen molar-refractivity contribution in [2.45, 2.75) is 13.0 Å². The van der Waals surface area contributed by atoms with Crippen LogP contribution in [0.4, 0.5) is 4.39 Å². The number of rotatable bonds is 5. The van der Waals surface area contributed by atoms with Gasteiger partial charge in [0.2, 0.25) is 0 Å². The number of esters is 1. The summed E-state index contributed by atoms with van der Waals surface area (Å²) in [5.74, 6) is -0.748. The summed E-state index contributed by atoms with van der Waals surface area (Å²) in [6, 6.07) is 8.50. The molecule has 1 aliphatic rings. The van der Waals surface area contributed by atoms with Crippen molar-refractivity contribution in [3.63, 3.8) is 0 Å². The maximum Gasteiger partial charge on any atom is 0.325 e. The molecule has 142 valence electrons. The highest BCUT2D eigenvalue weighted by atomic mass is 35.5. The van der Waals surface area contributed by atoms with E-state index in [1.165, 1.54) is 18.2 Å². The number of hydrogen-bond acceptors (Lipinski definition) is 5. The van der Waals surface area contributed by atoms with Gasteiger partial charge in [-0.3, -0.25) is 9.59 Å². The predicted molar refractivity (Wildman–Crippen MR) is 95.6 cm³/mol. The molecule has 3 rings (SSSR count). The van der Waals surface area contributed by atoms with E-state index in [0.717, 1.165) is 12.5 Å². The molecule has 0 radical (unpaired) electrons. The summed E-state index contributed by atoms with van der Waals surface area (Å²) in [5, 5.41) is 2.76. The zero-order valence-electron chi connectivity index (χ0n) is 14.3. The molecule has 1 heterocycles. The van der Waals surface area contributed by atoms with Crippen LogP contribution in [0.25, 0.3) is 0 Å². The summed E-state index contributed by atoms with van der Waals surface area (Å²) in [7, 11) is 0. The van der Waals surface area contributed by atoms with Gasteiger partial charge in [0, 0.05) is 12.0 Å². The molecule has 0 atom stereocenters. The lowest BCUT2D eigenvalue weighted by atomic mass is 10.2. The van der Waals surface area contributed by atoms with Gasteiger partial charge in [0.1, 0.15) is 19.0 Å². The lowest BCUT2D eigenvalue weighted by Gasteiger charge is -2.12. The van der Waals surface area contributed by atoms with Gasteiger partial charge in [-0.2, -0.15) is 0 Å². The molecule has 0 spiro atoms. The summed E-state index contributed by atoms with van der Waals surface area (Å²) < 4.78 is 29.4. The quantitative estimate of drug-likeness (QED) is 0.790. The molecule has 1 aliphatic heterocycles. The zero-order chi connectivity index (χ0) is 19.2. The lowest BCUT2D eigenvalue weighted by molar-refractivity contribution is -0.143. The van der Waals surface area contributed by atoms with Crippen molar-refractivity contribution in [3.8, 4) is 11.5 Å². The van der Waals surface area contributed by atoms with Crippen molar-refractivity contribution in [3.05, 3.63) is 58.4 Å². The Morgan fingerprint density at radius 1 is 1.19 bits per heavy atom. The Hall–Kier alpha value is -2.80. The molecule has 8 heteroatoms. The van der Waals surface area contributed by atoms with E-state index < -0.39 is 17.7 Å². The summed E-state index contributed by atoms with van der Waals surface area (Å²) in [4.78, 5) is 23.7. The minimum atomic E-state index is -0.636. The molecule has 0 aromatic heterocycles. The second-order valence-corrected chi connectivity index (χ2v) is 6.22. The van der Waals surface area contributed by atoms with Crippen LogP contribution >= 0.6 is 11.6 Å². The van der Waals surface area contributed by atoms with E-state index in [1.807, 2.05) is 0 Å². The molecule has 0 fully saturated rings. The molecule has 0 saturated heterocycles. The number of nitrogens with one attached hydrogen (secondary N) is 1. The van der Waals surface area contributed by atoms with E-state index in [-0.39, 0.29) is 18.7 Å². The van der Waals surface area contributed by atoms with Gasteiger partial charge in [0.15, 0.2) is 11.5 Å². The molecular weight excluding hydrogens is 377 g/mol. The number of amides is 1. The maximum atomic E-state index is 13.1. The van der Waals surface area contributed by atoms with Gasteiger partial charge in [0.05, 0.1) is 18.2 Å². The molecule has 0 saturated carbocycles. The zero-order valence-corrected chi connectivity index (χ0v) is 15.1. The maximum absolute atomic E-state index is 13.1. The number of benzene rings is 2. The monoisotopic (exact) mass is 393 g/mol. The molecular formula is C19H17ClFNO5. The highest BCUT2D eigenvalue weighted by Gasteiger charge is 2.16. The molecule has 0 aliphatic carbocycles. The summed E-state index contributed by atoms with van der Waals surface area (Å²) in [6.07, 6.45) is 0.750. The summed E-state index contributed by atoms with van der Waals surface area (Å²) in [6.45, 7) is 0.656. The van der Waals surface area contributed by atoms with Crippen LogP contribution < -0.4 is 14.8 Å². The smallest absolute Gasteiger partial charge is 0.325 e. The third kappa shape index (κ3) is 5.10. The number of ether oxygens (including phenoxy) is 3. The molecule has 27 heavy (non-hydrogen) atoms. The predicted octanol–water partition coefficient (Wildman–Crippen LogP) is 3.11. The van der Waals surface area contributed by atoms with Gasteiger partial charge in [-0.1, -0.05) is 17.7 Å². The van der Waals surface area contributed by atoms with Crippen LogP contribution in [0.1, 0.15) is 22.3 Å². The molecule has 0 bridgehead atoms. The fourth-order valence-electron chi connectivity index (χ4n) is 2.47. The second-order valence-electron chi connectivity index (χ2n) is 5.81. The van der Waals surface area contributed by atoms with E-state index >= 15 is 0 Å². The highest BCUT2D eigenvalue weighted by molar-refractivity contribution is 6.32. The van der Waals surface area contributed by atoms with E-state index in [4.69, 9.17) is 25.8 Å². The first kappa shape index (κ1) is 19.0. The Morgan fingerprint density at radius 2 is 2.00 bits per heavy atom. The van der Waals surface area contributed by atoms with E-state index in [1.54, 1.807) is 12.1 Å². The van der Waals surface area contributed by atoms with Crippen LogP contribution in [0.15, 0.2) is 36.4 Å². The Labute approximate surface area is 160 Å². The fraction of sp³-hybridized carbons (Fsp3) is 0.263. The lowest BCUT2D eigenvalue weighted by Crippen LogP contribution is -2.30. The van der Waals surface area contributed by atoms with E-state index in [0.29, 0.717) is 35.3 Å². The molecule has 1 N–H and O–H groups in total. The Balaban J connectivity index is 1.53. The standard InChI is InChI=1S/C19H17ClFNO5/c20-15-7-12(8-16-18(15)26-6-2-5-25-16)11-27-17(23)10-22-19(24)13-3-1-4-14(21)9-13/h1,3-4,7-9H,2,5-6,10-11H2,(H,22,24). The van der Waals surface area contributed by atoms with E-state index in [2.05, 4.69) is 5.32 Å². The normalized spacial score (nSPS) is 12.8. The molecule has 2 aromatic carbocycles. The van der Waals surface area contributed by atoms with Crippen molar-refractivity contribution in [2.75, 3.05) is 19.8 Å². The van der Waals surface area contributed by atoms with Gasteiger partial charge in [-0.05, 0) is 35.9 Å². The third-order valence-electron chi connectivity index (χ3n) is 3.74. The van der Waals surface area contributed by atoms with Crippen LogP contribution in [0.3, 0.4) is 0 Å². The SMILES string of the molecule is O=C(CNC(=O)c1cccc(F)c1)OCc1cc(Cl)c2c(c1)OCCCO2. The Bertz CT molecular complexity index is 858. The van der Waals surface area contributed by atoms with Crippen molar-refractivity contribution in [1.82, 2.24) is 5.32 Å². The van der Waals surface area contributed by atoms with Crippen LogP contribution in [0.2, 0.25) is 5.02 Å². The number of carbonyl (C=O) groups is 2. The molecule has 1 amide bonds. The minimum Gasteiger partial charge on any atom is -0.489 e. The second kappa shape index (κ2) is 8.73. The first-order chi connectivity index (χ1) is 13.0. The van der Waals surface area contributed by atoms with Crippen LogP contribution in [0, 0.1) is 5.82 Å². The summed E-state index contributed by atoms with van der Waals surface area (Å²) >= 11 is 6.19. The van der Waals surface area contributed by atoms with Gasteiger partial charge in [-0.25, -0.2) is 4.39 Å². The van der Waals surface area contributed by atoms with Crippen molar-refractivity contribution >= 4 is 23.5 Å². The number of fused-ring (bicyclic) bond motifs is 1. The first-order valence-corrected chi connectivity index (χ1v) is 8.68. The van der Waals surface area contributed by atoms with E-state index in [9.17, 15) is 14.0 Å². The van der Waals surface area contributed by atoms with Crippen molar-refractivity contribution < 1.29 is 28.2 Å². The minimum absolute atomic E-state index is 0.0367. The summed E-state index contributed by atoms with van der Waals surface area (Å²) in [5.41, 5.74) is 0.756. The molecule has 6 nitrogen and oxygen atoms in total. The van der Waals surface area contributed by atoms with Gasteiger partial charge in [0.25, 0.3) is 5.91 Å². The van der Waals surface area contributed by atoms with Gasteiger partial charge in [-0.15, -0.1) is 0 Å². The largest absolute Gasteiger partial charge is 0.489 e.